The van der Waals surface area contributed by atoms with Crippen LogP contribution in [-0.4, -0.2) is 50.1 Å². The van der Waals surface area contributed by atoms with Crippen LogP contribution in [-0.2, 0) is 16.4 Å². The largest absolute Gasteiger partial charge is 0.474 e. The van der Waals surface area contributed by atoms with Gasteiger partial charge >= 0.3 is 0 Å². The highest BCUT2D eigenvalue weighted by atomic mass is 32.2. The fraction of sp³-hybridized carbons (Fsp3) is 0.700. The summed E-state index contributed by atoms with van der Waals surface area (Å²) in [7, 11) is -2.96. The Balaban J connectivity index is 1.86. The fourth-order valence-corrected chi connectivity index (χ4v) is 3.90. The molecule has 1 aliphatic rings. The summed E-state index contributed by atoms with van der Waals surface area (Å²) in [6, 6.07) is 3.91. The van der Waals surface area contributed by atoms with Crippen molar-refractivity contribution >= 4 is 15.8 Å². The van der Waals surface area contributed by atoms with E-state index in [2.05, 4.69) is 20.6 Å². The topological polar surface area (TPSA) is 92.7 Å². The van der Waals surface area contributed by atoms with Crippen molar-refractivity contribution in [2.45, 2.75) is 71.1 Å². The highest BCUT2D eigenvalue weighted by Crippen LogP contribution is 2.22. The zero-order valence-electron chi connectivity index (χ0n) is 17.3. The minimum atomic E-state index is -2.96. The predicted molar refractivity (Wildman–Crippen MR) is 113 cm³/mol. The van der Waals surface area contributed by atoms with Crippen molar-refractivity contribution in [3.8, 4) is 5.88 Å². The van der Waals surface area contributed by atoms with Crippen molar-refractivity contribution in [3.63, 3.8) is 0 Å². The normalized spacial score (nSPS) is 17.2. The number of hydrogen-bond donors (Lipinski definition) is 2. The monoisotopic (exact) mass is 410 g/mol. The highest BCUT2D eigenvalue weighted by molar-refractivity contribution is 7.90. The predicted octanol–water partition coefficient (Wildman–Crippen LogP) is 2.67. The molecule has 0 aliphatic heterocycles. The van der Waals surface area contributed by atoms with E-state index in [0.717, 1.165) is 24.9 Å². The summed E-state index contributed by atoms with van der Waals surface area (Å²) in [5.41, 5.74) is 0.997. The molecule has 8 heteroatoms. The zero-order valence-corrected chi connectivity index (χ0v) is 18.1. The molecule has 2 N–H and O–H groups in total. The first-order valence-electron chi connectivity index (χ1n) is 10.2. The van der Waals surface area contributed by atoms with Gasteiger partial charge in [-0.1, -0.05) is 12.5 Å². The Bertz CT molecular complexity index is 713. The Hall–Kier alpha value is -1.83. The maximum atomic E-state index is 11.3. The molecular formula is C20H34N4O3S. The van der Waals surface area contributed by atoms with Gasteiger partial charge in [-0.15, -0.1) is 0 Å². The average Bonchev–Trinajstić information content (AvgIpc) is 2.66. The van der Waals surface area contributed by atoms with Gasteiger partial charge < -0.3 is 15.4 Å². The molecule has 1 unspecified atom stereocenters. The third-order valence-corrected chi connectivity index (χ3v) is 5.68. The number of sulfone groups is 1. The lowest BCUT2D eigenvalue weighted by Crippen LogP contribution is -2.42. The number of hydrogen-bond acceptors (Lipinski definition) is 5. The van der Waals surface area contributed by atoms with E-state index in [9.17, 15) is 8.42 Å². The third kappa shape index (κ3) is 8.91. The smallest absolute Gasteiger partial charge is 0.213 e. The minimum absolute atomic E-state index is 0.0110. The van der Waals surface area contributed by atoms with Crippen LogP contribution in [0.1, 0.15) is 57.9 Å². The van der Waals surface area contributed by atoms with Crippen LogP contribution in [0.25, 0.3) is 0 Å². The summed E-state index contributed by atoms with van der Waals surface area (Å²) in [5, 5.41) is 6.45. The molecule has 2 rings (SSSR count). The van der Waals surface area contributed by atoms with Crippen LogP contribution in [0.2, 0.25) is 0 Å². The van der Waals surface area contributed by atoms with E-state index >= 15 is 0 Å². The zero-order chi connectivity index (χ0) is 20.4. The SMILES string of the molecule is CCNC(=NCc1ccc(OC2CCCCC2)nc1)NC(C)CCS(C)(=O)=O. The van der Waals surface area contributed by atoms with Gasteiger partial charge in [-0.3, -0.25) is 0 Å². The molecule has 1 saturated carbocycles. The molecule has 1 atom stereocenters. The van der Waals surface area contributed by atoms with Crippen LogP contribution in [0.3, 0.4) is 0 Å². The van der Waals surface area contributed by atoms with Gasteiger partial charge in [0.1, 0.15) is 15.9 Å². The van der Waals surface area contributed by atoms with Crippen LogP contribution >= 0.6 is 0 Å². The number of aliphatic imine (C=N–C) groups is 1. The van der Waals surface area contributed by atoms with Crippen molar-refractivity contribution < 1.29 is 13.2 Å². The summed E-state index contributed by atoms with van der Waals surface area (Å²) in [6.45, 7) is 5.18. The molecule has 0 aromatic carbocycles. The van der Waals surface area contributed by atoms with Crippen molar-refractivity contribution in [3.05, 3.63) is 23.9 Å². The number of aromatic nitrogens is 1. The van der Waals surface area contributed by atoms with Gasteiger partial charge in [0.25, 0.3) is 0 Å². The Kier molecular flexibility index (Phi) is 9.02. The van der Waals surface area contributed by atoms with Crippen molar-refractivity contribution in [2.75, 3.05) is 18.6 Å². The second-order valence-corrected chi connectivity index (χ2v) is 9.80. The van der Waals surface area contributed by atoms with Crippen molar-refractivity contribution in [1.29, 1.82) is 0 Å². The van der Waals surface area contributed by atoms with Crippen molar-refractivity contribution in [1.82, 2.24) is 15.6 Å². The lowest BCUT2D eigenvalue weighted by molar-refractivity contribution is 0.148. The van der Waals surface area contributed by atoms with E-state index in [-0.39, 0.29) is 11.8 Å². The number of rotatable bonds is 9. The molecule has 1 aromatic rings. The molecule has 7 nitrogen and oxygen atoms in total. The van der Waals surface area contributed by atoms with Crippen molar-refractivity contribution in [2.24, 2.45) is 4.99 Å². The number of ether oxygens (including phenoxy) is 1. The molecule has 0 amide bonds. The van der Waals surface area contributed by atoms with Gasteiger partial charge in [-0.05, 0) is 51.5 Å². The quantitative estimate of drug-likeness (QED) is 0.480. The molecule has 0 bridgehead atoms. The summed E-state index contributed by atoms with van der Waals surface area (Å²) in [4.78, 5) is 8.99. The van der Waals surface area contributed by atoms with Gasteiger partial charge in [0.15, 0.2) is 5.96 Å². The third-order valence-electron chi connectivity index (χ3n) is 4.71. The molecule has 1 aromatic heterocycles. The molecule has 0 spiro atoms. The number of nitrogens with zero attached hydrogens (tertiary/aromatic N) is 2. The summed E-state index contributed by atoms with van der Waals surface area (Å²) < 4.78 is 28.6. The maximum Gasteiger partial charge on any atom is 0.213 e. The van der Waals surface area contributed by atoms with Crippen LogP contribution in [0, 0.1) is 0 Å². The van der Waals surface area contributed by atoms with Crippen LogP contribution < -0.4 is 15.4 Å². The number of nitrogens with one attached hydrogen (secondary N) is 2. The Morgan fingerprint density at radius 2 is 2.07 bits per heavy atom. The van der Waals surface area contributed by atoms with E-state index < -0.39 is 9.84 Å². The van der Waals surface area contributed by atoms with Gasteiger partial charge in [0.05, 0.1) is 12.3 Å². The molecule has 1 fully saturated rings. The summed E-state index contributed by atoms with van der Waals surface area (Å²) >= 11 is 0. The molecule has 28 heavy (non-hydrogen) atoms. The lowest BCUT2D eigenvalue weighted by Gasteiger charge is -2.22. The first-order valence-corrected chi connectivity index (χ1v) is 12.3. The maximum absolute atomic E-state index is 11.3. The molecular weight excluding hydrogens is 376 g/mol. The Labute approximate surface area is 169 Å². The lowest BCUT2D eigenvalue weighted by atomic mass is 9.98. The first-order chi connectivity index (χ1) is 13.4. The molecule has 158 valence electrons. The van der Waals surface area contributed by atoms with Crippen LogP contribution in [0.4, 0.5) is 0 Å². The molecule has 0 saturated heterocycles. The van der Waals surface area contributed by atoms with E-state index in [4.69, 9.17) is 4.74 Å². The average molecular weight is 411 g/mol. The summed E-state index contributed by atoms with van der Waals surface area (Å²) in [6.07, 6.45) is 9.90. The summed E-state index contributed by atoms with van der Waals surface area (Å²) in [5.74, 6) is 1.51. The molecule has 0 radical (unpaired) electrons. The highest BCUT2D eigenvalue weighted by Gasteiger charge is 2.15. The second kappa shape index (κ2) is 11.2. The first kappa shape index (κ1) is 22.5. The second-order valence-electron chi connectivity index (χ2n) is 7.54. The standard InChI is InChI=1S/C20H34N4O3S/c1-4-21-20(24-16(2)12-13-28(3,25)26)23-15-17-10-11-19(22-14-17)27-18-8-6-5-7-9-18/h10-11,14,16,18H,4-9,12-13,15H2,1-3H3,(H2,21,23,24). The number of guanidine groups is 1. The van der Waals surface area contributed by atoms with Gasteiger partial charge in [0.2, 0.25) is 5.88 Å². The van der Waals surface area contributed by atoms with Crippen LogP contribution in [0.5, 0.6) is 5.88 Å². The molecule has 1 heterocycles. The fourth-order valence-electron chi connectivity index (χ4n) is 3.11. The number of pyridine rings is 1. The van der Waals surface area contributed by atoms with E-state index in [1.165, 1.54) is 25.5 Å². The Morgan fingerprint density at radius 1 is 1.32 bits per heavy atom. The van der Waals surface area contributed by atoms with Crippen LogP contribution in [0.15, 0.2) is 23.3 Å². The van der Waals surface area contributed by atoms with E-state index in [0.29, 0.717) is 30.9 Å². The van der Waals surface area contributed by atoms with Gasteiger partial charge in [-0.25, -0.2) is 18.4 Å². The van der Waals surface area contributed by atoms with E-state index in [1.54, 1.807) is 6.20 Å². The van der Waals surface area contributed by atoms with Gasteiger partial charge in [-0.2, -0.15) is 0 Å². The Morgan fingerprint density at radius 3 is 2.68 bits per heavy atom. The van der Waals surface area contributed by atoms with E-state index in [1.807, 2.05) is 26.0 Å². The molecule has 1 aliphatic carbocycles. The minimum Gasteiger partial charge on any atom is -0.474 e. The van der Waals surface area contributed by atoms with Gasteiger partial charge in [0, 0.05) is 31.1 Å².